The van der Waals surface area contributed by atoms with E-state index < -0.39 is 10.0 Å². The van der Waals surface area contributed by atoms with Crippen LogP contribution in [0.15, 0.2) is 29.4 Å². The number of rotatable bonds is 7. The molecule has 8 heteroatoms. The van der Waals surface area contributed by atoms with Crippen molar-refractivity contribution >= 4 is 15.9 Å². The summed E-state index contributed by atoms with van der Waals surface area (Å²) in [7, 11) is -3.49. The van der Waals surface area contributed by atoms with Gasteiger partial charge in [0.05, 0.1) is 6.54 Å². The highest BCUT2D eigenvalue weighted by Gasteiger charge is 2.29. The van der Waals surface area contributed by atoms with Gasteiger partial charge in [0.1, 0.15) is 4.90 Å². The second-order valence-corrected chi connectivity index (χ2v) is 7.51. The SMILES string of the molecule is CCCCNC(=O)CN1CCN(S(=O)(=O)c2cccnc2)CC1. The van der Waals surface area contributed by atoms with Crippen LogP contribution in [0.5, 0.6) is 0 Å². The van der Waals surface area contributed by atoms with Crippen LogP contribution in [0.1, 0.15) is 19.8 Å². The highest BCUT2D eigenvalue weighted by molar-refractivity contribution is 7.89. The number of carbonyl (C=O) groups is 1. The van der Waals surface area contributed by atoms with Crippen LogP contribution in [-0.4, -0.2) is 67.8 Å². The molecule has 128 valence electrons. The minimum absolute atomic E-state index is 0.00187. The van der Waals surface area contributed by atoms with Gasteiger partial charge in [-0.05, 0) is 18.6 Å². The number of sulfonamides is 1. The molecule has 1 fully saturated rings. The highest BCUT2D eigenvalue weighted by Crippen LogP contribution is 2.16. The molecule has 0 spiro atoms. The predicted molar refractivity (Wildman–Crippen MR) is 87.4 cm³/mol. The number of aromatic nitrogens is 1. The molecular formula is C15H24N4O3S. The van der Waals surface area contributed by atoms with E-state index in [9.17, 15) is 13.2 Å². The van der Waals surface area contributed by atoms with E-state index in [2.05, 4.69) is 17.2 Å². The van der Waals surface area contributed by atoms with Crippen LogP contribution < -0.4 is 5.32 Å². The number of pyridine rings is 1. The van der Waals surface area contributed by atoms with Gasteiger partial charge in [-0.2, -0.15) is 4.31 Å². The molecule has 7 nitrogen and oxygen atoms in total. The summed E-state index contributed by atoms with van der Waals surface area (Å²) in [5, 5.41) is 2.88. The van der Waals surface area contributed by atoms with Gasteiger partial charge in [0, 0.05) is 45.1 Å². The molecule has 0 aromatic carbocycles. The Bertz CT molecular complexity index is 598. The van der Waals surface area contributed by atoms with Crippen molar-refractivity contribution in [3.63, 3.8) is 0 Å². The lowest BCUT2D eigenvalue weighted by Crippen LogP contribution is -2.51. The molecule has 0 atom stereocenters. The van der Waals surface area contributed by atoms with E-state index >= 15 is 0 Å². The van der Waals surface area contributed by atoms with Gasteiger partial charge >= 0.3 is 0 Å². The van der Waals surface area contributed by atoms with Gasteiger partial charge in [-0.25, -0.2) is 8.42 Å². The van der Waals surface area contributed by atoms with Crippen molar-refractivity contribution in [1.82, 2.24) is 19.5 Å². The summed E-state index contributed by atoms with van der Waals surface area (Å²) < 4.78 is 26.4. The Hall–Kier alpha value is -1.51. The normalized spacial score (nSPS) is 17.1. The van der Waals surface area contributed by atoms with E-state index in [1.165, 1.54) is 10.5 Å². The molecule has 0 bridgehead atoms. The molecular weight excluding hydrogens is 316 g/mol. The average Bonchev–Trinajstić information content (AvgIpc) is 2.56. The Kier molecular flexibility index (Phi) is 6.49. The van der Waals surface area contributed by atoms with Crippen LogP contribution in [0.25, 0.3) is 0 Å². The fourth-order valence-corrected chi connectivity index (χ4v) is 3.83. The van der Waals surface area contributed by atoms with Crippen molar-refractivity contribution in [2.45, 2.75) is 24.7 Å². The first-order valence-corrected chi connectivity index (χ1v) is 9.37. The van der Waals surface area contributed by atoms with Gasteiger partial charge in [0.15, 0.2) is 0 Å². The highest BCUT2D eigenvalue weighted by atomic mass is 32.2. The number of piperazine rings is 1. The van der Waals surface area contributed by atoms with E-state index in [4.69, 9.17) is 0 Å². The number of nitrogens with zero attached hydrogens (tertiary/aromatic N) is 3. The summed E-state index contributed by atoms with van der Waals surface area (Å²) in [6, 6.07) is 3.17. The van der Waals surface area contributed by atoms with E-state index in [1.807, 2.05) is 4.90 Å². The maximum Gasteiger partial charge on any atom is 0.244 e. The van der Waals surface area contributed by atoms with Crippen molar-refractivity contribution < 1.29 is 13.2 Å². The summed E-state index contributed by atoms with van der Waals surface area (Å²) in [5.41, 5.74) is 0. The molecule has 1 N–H and O–H groups in total. The smallest absolute Gasteiger partial charge is 0.244 e. The van der Waals surface area contributed by atoms with E-state index in [-0.39, 0.29) is 10.8 Å². The first kappa shape index (κ1) is 17.8. The van der Waals surface area contributed by atoms with Crippen molar-refractivity contribution in [2.75, 3.05) is 39.3 Å². The van der Waals surface area contributed by atoms with Gasteiger partial charge < -0.3 is 5.32 Å². The number of hydrogen-bond donors (Lipinski definition) is 1. The maximum absolute atomic E-state index is 12.5. The van der Waals surface area contributed by atoms with Gasteiger partial charge in [-0.3, -0.25) is 14.7 Å². The lowest BCUT2D eigenvalue weighted by molar-refractivity contribution is -0.122. The third kappa shape index (κ3) is 4.98. The zero-order valence-electron chi connectivity index (χ0n) is 13.4. The summed E-state index contributed by atoms with van der Waals surface area (Å²) in [6.07, 6.45) is 4.94. The molecule has 0 unspecified atom stereocenters. The molecule has 1 aliphatic heterocycles. The van der Waals surface area contributed by atoms with E-state index in [0.29, 0.717) is 39.3 Å². The van der Waals surface area contributed by atoms with Gasteiger partial charge in [0.2, 0.25) is 15.9 Å². The van der Waals surface area contributed by atoms with Gasteiger partial charge in [-0.15, -0.1) is 0 Å². The van der Waals surface area contributed by atoms with Crippen LogP contribution in [0.3, 0.4) is 0 Å². The Morgan fingerprint density at radius 3 is 2.65 bits per heavy atom. The fourth-order valence-electron chi connectivity index (χ4n) is 2.44. The molecule has 1 amide bonds. The topological polar surface area (TPSA) is 82.6 Å². The summed E-state index contributed by atoms with van der Waals surface area (Å²) in [5.74, 6) is 0.00187. The molecule has 2 heterocycles. The molecule has 1 saturated heterocycles. The van der Waals surface area contributed by atoms with Crippen molar-refractivity contribution in [2.24, 2.45) is 0 Å². The minimum atomic E-state index is -3.49. The molecule has 1 aromatic heterocycles. The Morgan fingerprint density at radius 2 is 2.04 bits per heavy atom. The Balaban J connectivity index is 1.83. The van der Waals surface area contributed by atoms with Crippen LogP contribution in [0, 0.1) is 0 Å². The predicted octanol–water partition coefficient (Wildman–Crippen LogP) is 0.304. The van der Waals surface area contributed by atoms with Crippen LogP contribution in [0.2, 0.25) is 0 Å². The van der Waals surface area contributed by atoms with Crippen LogP contribution in [-0.2, 0) is 14.8 Å². The van der Waals surface area contributed by atoms with Gasteiger partial charge in [-0.1, -0.05) is 13.3 Å². The molecule has 0 saturated carbocycles. The van der Waals surface area contributed by atoms with Crippen molar-refractivity contribution in [3.05, 3.63) is 24.5 Å². The number of hydrogen-bond acceptors (Lipinski definition) is 5. The third-order valence-corrected chi connectivity index (χ3v) is 5.71. The van der Waals surface area contributed by atoms with Crippen molar-refractivity contribution in [3.8, 4) is 0 Å². The maximum atomic E-state index is 12.5. The molecule has 1 aromatic rings. The zero-order chi connectivity index (χ0) is 16.7. The lowest BCUT2D eigenvalue weighted by Gasteiger charge is -2.33. The fraction of sp³-hybridized carbons (Fsp3) is 0.600. The van der Waals surface area contributed by atoms with Crippen LogP contribution in [0.4, 0.5) is 0 Å². The molecule has 0 aliphatic carbocycles. The van der Waals surface area contributed by atoms with Crippen molar-refractivity contribution in [1.29, 1.82) is 0 Å². The summed E-state index contributed by atoms with van der Waals surface area (Å²) in [6.45, 7) is 4.99. The first-order chi connectivity index (χ1) is 11.0. The number of carbonyl (C=O) groups excluding carboxylic acids is 1. The number of nitrogens with one attached hydrogen (secondary N) is 1. The van der Waals surface area contributed by atoms with Crippen LogP contribution >= 0.6 is 0 Å². The summed E-state index contributed by atoms with van der Waals surface area (Å²) >= 11 is 0. The Labute approximate surface area is 137 Å². The second kappa shape index (κ2) is 8.37. The van der Waals surface area contributed by atoms with E-state index in [1.54, 1.807) is 18.3 Å². The molecule has 23 heavy (non-hydrogen) atoms. The standard InChI is InChI=1S/C15H24N4O3S/c1-2-3-7-17-15(20)13-18-8-10-19(11-9-18)23(21,22)14-5-4-6-16-12-14/h4-6,12H,2-3,7-11,13H2,1H3,(H,17,20). The lowest BCUT2D eigenvalue weighted by atomic mass is 10.3. The quantitative estimate of drug-likeness (QED) is 0.722. The minimum Gasteiger partial charge on any atom is -0.355 e. The molecule has 0 radical (unpaired) electrons. The third-order valence-electron chi connectivity index (χ3n) is 3.82. The molecule has 2 rings (SSSR count). The zero-order valence-corrected chi connectivity index (χ0v) is 14.3. The second-order valence-electron chi connectivity index (χ2n) is 5.57. The average molecular weight is 340 g/mol. The molecule has 1 aliphatic rings. The number of amides is 1. The monoisotopic (exact) mass is 340 g/mol. The number of unbranched alkanes of at least 4 members (excludes halogenated alkanes) is 1. The van der Waals surface area contributed by atoms with Gasteiger partial charge in [0.25, 0.3) is 0 Å². The largest absolute Gasteiger partial charge is 0.355 e. The Morgan fingerprint density at radius 1 is 1.30 bits per heavy atom. The first-order valence-electron chi connectivity index (χ1n) is 7.93. The van der Waals surface area contributed by atoms with E-state index in [0.717, 1.165) is 12.8 Å². The summed E-state index contributed by atoms with van der Waals surface area (Å²) in [4.78, 5) is 17.9.